The average molecular weight is 248 g/mol. The highest BCUT2D eigenvalue weighted by Crippen LogP contribution is 2.26. The molecule has 4 nitrogen and oxygen atoms in total. The Balaban J connectivity index is 2.07. The van der Waals surface area contributed by atoms with Crippen molar-refractivity contribution in [3.63, 3.8) is 0 Å². The van der Waals surface area contributed by atoms with Crippen molar-refractivity contribution in [1.82, 2.24) is 9.97 Å². The van der Waals surface area contributed by atoms with Gasteiger partial charge in [-0.1, -0.05) is 13.8 Å². The maximum atomic E-state index is 4.66. The minimum absolute atomic E-state index is 0.560. The van der Waals surface area contributed by atoms with Crippen molar-refractivity contribution < 1.29 is 0 Å². The van der Waals surface area contributed by atoms with Crippen LogP contribution in [0.5, 0.6) is 0 Å². The van der Waals surface area contributed by atoms with E-state index in [4.69, 9.17) is 0 Å². The van der Waals surface area contributed by atoms with Gasteiger partial charge >= 0.3 is 0 Å². The molecule has 1 N–H and O–H groups in total. The number of rotatable bonds is 4. The second-order valence-electron chi connectivity index (χ2n) is 5.36. The third-order valence-electron chi connectivity index (χ3n) is 3.61. The molecule has 0 aromatic carbocycles. The average Bonchev–Trinajstić information content (AvgIpc) is 2.36. The van der Waals surface area contributed by atoms with Gasteiger partial charge in [0, 0.05) is 19.1 Å². The first-order valence-electron chi connectivity index (χ1n) is 7.03. The van der Waals surface area contributed by atoms with Crippen LogP contribution in [0.2, 0.25) is 0 Å². The fourth-order valence-electron chi connectivity index (χ4n) is 2.58. The molecule has 1 aromatic heterocycles. The predicted octanol–water partition coefficient (Wildman–Crippen LogP) is 2.92. The third kappa shape index (κ3) is 3.12. The molecule has 2 rings (SSSR count). The summed E-state index contributed by atoms with van der Waals surface area (Å²) in [6, 6.07) is 0.560. The largest absolute Gasteiger partial charge is 0.369 e. The lowest BCUT2D eigenvalue weighted by atomic mass is 9.93. The highest BCUT2D eigenvalue weighted by molar-refractivity contribution is 5.44. The molecule has 0 saturated carbocycles. The summed E-state index contributed by atoms with van der Waals surface area (Å²) in [6.07, 6.45) is 7.27. The second kappa shape index (κ2) is 6.03. The van der Waals surface area contributed by atoms with Crippen LogP contribution in [0.3, 0.4) is 0 Å². The van der Waals surface area contributed by atoms with Gasteiger partial charge in [0.1, 0.15) is 11.6 Å². The van der Waals surface area contributed by atoms with E-state index in [1.165, 1.54) is 12.8 Å². The summed E-state index contributed by atoms with van der Waals surface area (Å²) >= 11 is 0. The molecule has 0 spiro atoms. The van der Waals surface area contributed by atoms with Crippen molar-refractivity contribution in [1.29, 1.82) is 0 Å². The van der Waals surface area contributed by atoms with Gasteiger partial charge in [-0.05, 0) is 32.1 Å². The summed E-state index contributed by atoms with van der Waals surface area (Å²) < 4.78 is 0. The molecule has 0 radical (unpaired) electrons. The number of piperidine rings is 1. The summed E-state index contributed by atoms with van der Waals surface area (Å²) in [6.45, 7) is 8.81. The van der Waals surface area contributed by atoms with Gasteiger partial charge in [-0.15, -0.1) is 0 Å². The molecule has 1 aliphatic rings. The molecule has 2 atom stereocenters. The van der Waals surface area contributed by atoms with Crippen molar-refractivity contribution >= 4 is 11.6 Å². The van der Waals surface area contributed by atoms with E-state index in [0.717, 1.165) is 37.1 Å². The highest BCUT2D eigenvalue weighted by Gasteiger charge is 2.24. The molecule has 4 heteroatoms. The van der Waals surface area contributed by atoms with Crippen LogP contribution in [-0.2, 0) is 0 Å². The zero-order valence-corrected chi connectivity index (χ0v) is 11.7. The highest BCUT2D eigenvalue weighted by atomic mass is 15.2. The quantitative estimate of drug-likeness (QED) is 0.889. The van der Waals surface area contributed by atoms with Crippen LogP contribution in [0.15, 0.2) is 12.4 Å². The van der Waals surface area contributed by atoms with Crippen LogP contribution in [-0.4, -0.2) is 29.1 Å². The number of nitrogens with one attached hydrogen (secondary N) is 1. The minimum atomic E-state index is 0.560. The first-order chi connectivity index (χ1) is 8.70. The Kier molecular flexibility index (Phi) is 4.39. The van der Waals surface area contributed by atoms with Gasteiger partial charge in [0.05, 0.1) is 12.4 Å². The zero-order chi connectivity index (χ0) is 13.0. The van der Waals surface area contributed by atoms with Gasteiger partial charge in [0.15, 0.2) is 0 Å². The van der Waals surface area contributed by atoms with Crippen LogP contribution >= 0.6 is 0 Å². The fraction of sp³-hybridized carbons (Fsp3) is 0.714. The van der Waals surface area contributed by atoms with Crippen LogP contribution in [0.4, 0.5) is 11.6 Å². The first kappa shape index (κ1) is 13.1. The Morgan fingerprint density at radius 2 is 2.22 bits per heavy atom. The second-order valence-corrected chi connectivity index (χ2v) is 5.36. The van der Waals surface area contributed by atoms with Gasteiger partial charge in [-0.2, -0.15) is 0 Å². The minimum Gasteiger partial charge on any atom is -0.369 e. The molecule has 18 heavy (non-hydrogen) atoms. The van der Waals surface area contributed by atoms with E-state index in [1.54, 1.807) is 6.20 Å². The van der Waals surface area contributed by atoms with Gasteiger partial charge in [-0.25, -0.2) is 4.98 Å². The predicted molar refractivity (Wildman–Crippen MR) is 76.0 cm³/mol. The molecular weight excluding hydrogens is 224 g/mol. The monoisotopic (exact) mass is 248 g/mol. The topological polar surface area (TPSA) is 41.1 Å². The zero-order valence-electron chi connectivity index (χ0n) is 11.7. The Hall–Kier alpha value is -1.32. The maximum absolute atomic E-state index is 4.66. The molecule has 1 aromatic rings. The molecule has 1 aliphatic heterocycles. The number of hydrogen-bond donors (Lipinski definition) is 1. The van der Waals surface area contributed by atoms with Crippen molar-refractivity contribution in [3.8, 4) is 0 Å². The van der Waals surface area contributed by atoms with Crippen molar-refractivity contribution in [3.05, 3.63) is 12.4 Å². The standard InChI is InChI=1S/C14H24N4/c1-4-6-16-13-9-15-10-14(17-13)18-7-5-11(2)8-12(18)3/h9-12H,4-8H2,1-3H3,(H,16,17). The summed E-state index contributed by atoms with van der Waals surface area (Å²) in [5.74, 6) is 2.72. The van der Waals surface area contributed by atoms with Crippen molar-refractivity contribution in [2.75, 3.05) is 23.3 Å². The fourth-order valence-corrected chi connectivity index (χ4v) is 2.58. The summed E-state index contributed by atoms with van der Waals surface area (Å²) in [5.41, 5.74) is 0. The Bertz CT molecular complexity index is 380. The van der Waals surface area contributed by atoms with Crippen molar-refractivity contribution in [2.45, 2.75) is 46.1 Å². The van der Waals surface area contributed by atoms with Gasteiger partial charge < -0.3 is 10.2 Å². The van der Waals surface area contributed by atoms with E-state index < -0.39 is 0 Å². The van der Waals surface area contributed by atoms with E-state index in [-0.39, 0.29) is 0 Å². The molecule has 0 amide bonds. The van der Waals surface area contributed by atoms with E-state index >= 15 is 0 Å². The third-order valence-corrected chi connectivity index (χ3v) is 3.61. The van der Waals surface area contributed by atoms with Gasteiger partial charge in [0.2, 0.25) is 0 Å². The Labute approximate surface area is 110 Å². The van der Waals surface area contributed by atoms with Crippen LogP contribution < -0.4 is 10.2 Å². The molecule has 0 bridgehead atoms. The summed E-state index contributed by atoms with van der Waals surface area (Å²) in [5, 5.41) is 3.30. The number of hydrogen-bond acceptors (Lipinski definition) is 4. The van der Waals surface area contributed by atoms with Crippen LogP contribution in [0.1, 0.15) is 40.0 Å². The molecule has 1 saturated heterocycles. The lowest BCUT2D eigenvalue weighted by molar-refractivity contribution is 0.376. The lowest BCUT2D eigenvalue weighted by Gasteiger charge is -2.37. The number of anilines is 2. The smallest absolute Gasteiger partial charge is 0.149 e. The number of nitrogens with zero attached hydrogens (tertiary/aromatic N) is 3. The van der Waals surface area contributed by atoms with E-state index in [1.807, 2.05) is 6.20 Å². The Morgan fingerprint density at radius 3 is 2.94 bits per heavy atom. The normalized spacial score (nSPS) is 24.1. The molecule has 2 unspecified atom stereocenters. The summed E-state index contributed by atoms with van der Waals surface area (Å²) in [7, 11) is 0. The maximum Gasteiger partial charge on any atom is 0.149 e. The van der Waals surface area contributed by atoms with Gasteiger partial charge in [0.25, 0.3) is 0 Å². The molecule has 0 aliphatic carbocycles. The molecule has 2 heterocycles. The SMILES string of the molecule is CCCNc1cncc(N2CCC(C)CC2C)n1. The summed E-state index contributed by atoms with van der Waals surface area (Å²) in [4.78, 5) is 11.3. The van der Waals surface area contributed by atoms with E-state index in [0.29, 0.717) is 6.04 Å². The van der Waals surface area contributed by atoms with Crippen molar-refractivity contribution in [2.24, 2.45) is 5.92 Å². The van der Waals surface area contributed by atoms with Crippen LogP contribution in [0, 0.1) is 5.92 Å². The van der Waals surface area contributed by atoms with Crippen LogP contribution in [0.25, 0.3) is 0 Å². The van der Waals surface area contributed by atoms with E-state index in [9.17, 15) is 0 Å². The molecule has 100 valence electrons. The molecule has 1 fully saturated rings. The van der Waals surface area contributed by atoms with E-state index in [2.05, 4.69) is 41.0 Å². The lowest BCUT2D eigenvalue weighted by Crippen LogP contribution is -2.40. The number of aromatic nitrogens is 2. The Morgan fingerprint density at radius 1 is 1.39 bits per heavy atom. The van der Waals surface area contributed by atoms with Gasteiger partial charge in [-0.3, -0.25) is 4.98 Å². The molecular formula is C14H24N4. The first-order valence-corrected chi connectivity index (χ1v) is 7.03.